The van der Waals surface area contributed by atoms with Crippen molar-refractivity contribution in [3.8, 4) is 0 Å². The molecule has 3 aliphatic heterocycles. The molecule has 3 heterocycles. The van der Waals surface area contributed by atoms with Crippen LogP contribution in [0.3, 0.4) is 0 Å². The Bertz CT molecular complexity index is 973. The number of amides is 2. The fourth-order valence-corrected chi connectivity index (χ4v) is 4.14. The summed E-state index contributed by atoms with van der Waals surface area (Å²) >= 11 is 0. The number of aryl methyl sites for hydroxylation is 1. The third-order valence-corrected chi connectivity index (χ3v) is 5.78. The molecule has 0 bridgehead atoms. The molecule has 0 aromatic heterocycles. The van der Waals surface area contributed by atoms with Gasteiger partial charge in [0.05, 0.1) is 11.3 Å². The topological polar surface area (TPSA) is 75.7 Å². The first-order valence-electron chi connectivity index (χ1n) is 10.8. The van der Waals surface area contributed by atoms with Crippen LogP contribution in [0.4, 0.5) is 4.39 Å². The Balaban J connectivity index is 0.00000118. The zero-order valence-electron chi connectivity index (χ0n) is 19.3. The van der Waals surface area contributed by atoms with E-state index in [2.05, 4.69) is 11.9 Å². The smallest absolute Gasteiger partial charge is 0.871 e. The number of allylic oxidation sites excluding steroid dienone is 1. The minimum atomic E-state index is -0.520. The predicted molar refractivity (Wildman–Crippen MR) is 115 cm³/mol. The van der Waals surface area contributed by atoms with E-state index in [-0.39, 0.29) is 64.9 Å². The van der Waals surface area contributed by atoms with E-state index in [0.29, 0.717) is 18.7 Å². The molecule has 1 aromatic carbocycles. The second-order valence-electron chi connectivity index (χ2n) is 7.78. The Hall–Kier alpha value is -2.09. The third kappa shape index (κ3) is 5.11. The molecule has 166 valence electrons. The minimum absolute atomic E-state index is 0. The van der Waals surface area contributed by atoms with Crippen molar-refractivity contribution in [3.05, 3.63) is 70.5 Å². The molecule has 6 nitrogen and oxygen atoms in total. The van der Waals surface area contributed by atoms with Crippen LogP contribution in [-0.4, -0.2) is 40.7 Å². The van der Waals surface area contributed by atoms with Gasteiger partial charge in [0.1, 0.15) is 5.82 Å². The van der Waals surface area contributed by atoms with Gasteiger partial charge in [0.15, 0.2) is 0 Å². The maximum Gasteiger partial charge on any atom is 1.00 e. The van der Waals surface area contributed by atoms with E-state index in [1.807, 2.05) is 13.8 Å². The zero-order valence-corrected chi connectivity index (χ0v) is 21.3. The first kappa shape index (κ1) is 26.2. The molecule has 1 atom stereocenters. The van der Waals surface area contributed by atoms with Crippen LogP contribution in [0.1, 0.15) is 44.2 Å². The van der Waals surface area contributed by atoms with Crippen LogP contribution in [0.25, 0.3) is 0 Å². The van der Waals surface area contributed by atoms with E-state index in [1.54, 1.807) is 28.9 Å². The molecule has 32 heavy (non-hydrogen) atoms. The molecule has 1 aromatic rings. The van der Waals surface area contributed by atoms with Crippen LogP contribution < -0.4 is 40.0 Å². The van der Waals surface area contributed by atoms with Crippen molar-refractivity contribution in [2.45, 2.75) is 52.6 Å². The van der Waals surface area contributed by atoms with Crippen molar-refractivity contribution in [2.75, 3.05) is 13.1 Å². The van der Waals surface area contributed by atoms with Gasteiger partial charge in [-0.1, -0.05) is 38.3 Å². The number of halogens is 1. The number of benzene rings is 1. The summed E-state index contributed by atoms with van der Waals surface area (Å²) in [6.07, 6.45) is 4.39. The fourth-order valence-electron chi connectivity index (χ4n) is 4.14. The summed E-state index contributed by atoms with van der Waals surface area (Å²) < 4.78 is 14.0. The Morgan fingerprint density at radius 1 is 1.31 bits per heavy atom. The van der Waals surface area contributed by atoms with Gasteiger partial charge in [0.2, 0.25) is 0 Å². The first-order valence-corrected chi connectivity index (χ1v) is 10.8. The van der Waals surface area contributed by atoms with Crippen LogP contribution in [0.15, 0.2) is 53.6 Å². The van der Waals surface area contributed by atoms with Crippen molar-refractivity contribution in [1.29, 1.82) is 0 Å². The van der Waals surface area contributed by atoms with Gasteiger partial charge in [-0.2, -0.15) is 0 Å². The van der Waals surface area contributed by atoms with Crippen molar-refractivity contribution < 1.29 is 48.6 Å². The summed E-state index contributed by atoms with van der Waals surface area (Å²) in [5.74, 6) is -1.72. The van der Waals surface area contributed by atoms with Crippen LogP contribution >= 0.6 is 0 Å². The quantitative estimate of drug-likeness (QED) is 0.632. The van der Waals surface area contributed by atoms with Crippen molar-refractivity contribution >= 4 is 11.8 Å². The molecule has 1 unspecified atom stereocenters. The molecule has 4 rings (SSSR count). The Kier molecular flexibility index (Phi) is 9.13. The Morgan fingerprint density at radius 3 is 2.72 bits per heavy atom. The maximum atomic E-state index is 14.0. The van der Waals surface area contributed by atoms with Crippen LogP contribution in [0, 0.1) is 12.7 Å². The summed E-state index contributed by atoms with van der Waals surface area (Å²) in [6.45, 7) is 10.7. The van der Waals surface area contributed by atoms with Gasteiger partial charge < -0.3 is 20.2 Å². The normalized spacial score (nSPS) is 19.8. The molecule has 2 fully saturated rings. The van der Waals surface area contributed by atoms with E-state index in [4.69, 9.17) is 0 Å². The average molecular weight is 450 g/mol. The molecule has 8 heteroatoms. The second kappa shape index (κ2) is 11.2. The Labute approximate surface area is 211 Å². The van der Waals surface area contributed by atoms with Crippen molar-refractivity contribution in [3.63, 3.8) is 0 Å². The predicted octanol–water partition coefficient (Wildman–Crippen LogP) is -0.497. The number of piperazine rings is 1. The van der Waals surface area contributed by atoms with Crippen LogP contribution in [0.2, 0.25) is 0 Å². The molecule has 0 saturated carbocycles. The van der Waals surface area contributed by atoms with E-state index in [0.717, 1.165) is 24.8 Å². The molecule has 0 aliphatic carbocycles. The maximum absolute atomic E-state index is 14.0. The number of piperidine rings is 1. The molecule has 0 spiro atoms. The SMILES string of the molecule is C=C1C(C(=O)NCc2ccc(C)cc2F)=CN2CC3CCCCN3C(=O)C2=C1[O-].CC.[Na+]. The van der Waals surface area contributed by atoms with Gasteiger partial charge in [-0.3, -0.25) is 9.59 Å². The van der Waals surface area contributed by atoms with Gasteiger partial charge in [-0.15, -0.1) is 0 Å². The first-order chi connectivity index (χ1) is 14.9. The summed E-state index contributed by atoms with van der Waals surface area (Å²) in [6, 6.07) is 4.83. The molecular weight excluding hydrogens is 420 g/mol. The van der Waals surface area contributed by atoms with Gasteiger partial charge in [0, 0.05) is 37.4 Å². The van der Waals surface area contributed by atoms with E-state index in [1.165, 1.54) is 12.3 Å². The molecule has 1 N–H and O–H groups in total. The number of carbonyl (C=O) groups is 2. The van der Waals surface area contributed by atoms with Gasteiger partial charge >= 0.3 is 29.6 Å². The summed E-state index contributed by atoms with van der Waals surface area (Å²) in [7, 11) is 0. The molecule has 2 saturated heterocycles. The number of fused-ring (bicyclic) bond motifs is 2. The molecular formula is C24H29FN3NaO3. The second-order valence-corrected chi connectivity index (χ2v) is 7.78. The number of hydrogen-bond donors (Lipinski definition) is 1. The summed E-state index contributed by atoms with van der Waals surface area (Å²) in [5, 5.41) is 15.5. The van der Waals surface area contributed by atoms with Gasteiger partial charge in [0.25, 0.3) is 11.8 Å². The van der Waals surface area contributed by atoms with Crippen LogP contribution in [-0.2, 0) is 16.1 Å². The zero-order chi connectivity index (χ0) is 22.7. The molecule has 3 aliphatic rings. The fraction of sp³-hybridized carbons (Fsp3) is 0.417. The van der Waals surface area contributed by atoms with Crippen molar-refractivity contribution in [1.82, 2.24) is 15.1 Å². The standard InChI is InChI=1S/C22H24FN3O3.C2H6.Na/c1-13-6-7-15(18(23)9-13)10-24-21(28)17-12-25-11-16-5-3-4-8-26(16)22(29)19(25)20(27)14(17)2;1-2;/h6-7,9,12,16,27H,2-5,8,10-11H2,1H3,(H,24,28);1-2H3;/q;;+1/p-1. The molecule has 0 radical (unpaired) electrons. The summed E-state index contributed by atoms with van der Waals surface area (Å²) in [5.41, 5.74) is 1.32. The third-order valence-electron chi connectivity index (χ3n) is 5.78. The average Bonchev–Trinajstić information content (AvgIpc) is 2.77. The van der Waals surface area contributed by atoms with Crippen LogP contribution in [0.5, 0.6) is 0 Å². The van der Waals surface area contributed by atoms with Gasteiger partial charge in [-0.25, -0.2) is 4.39 Å². The Morgan fingerprint density at radius 2 is 2.03 bits per heavy atom. The van der Waals surface area contributed by atoms with E-state index >= 15 is 0 Å². The monoisotopic (exact) mass is 449 g/mol. The number of nitrogens with one attached hydrogen (secondary N) is 1. The molecule has 2 amide bonds. The number of nitrogens with zero attached hydrogens (tertiary/aromatic N) is 2. The van der Waals surface area contributed by atoms with E-state index in [9.17, 15) is 19.1 Å². The number of hydrogen-bond acceptors (Lipinski definition) is 4. The largest absolute Gasteiger partial charge is 1.00 e. The van der Waals surface area contributed by atoms with E-state index < -0.39 is 17.5 Å². The number of carbonyl (C=O) groups excluding carboxylic acids is 2. The minimum Gasteiger partial charge on any atom is -0.871 e. The van der Waals surface area contributed by atoms with Gasteiger partial charge in [-0.05, 0) is 43.4 Å². The van der Waals surface area contributed by atoms with Crippen molar-refractivity contribution in [2.24, 2.45) is 0 Å². The number of rotatable bonds is 3. The summed E-state index contributed by atoms with van der Waals surface area (Å²) in [4.78, 5) is 28.9.